The van der Waals surface area contributed by atoms with E-state index in [4.69, 9.17) is 0 Å². The average Bonchev–Trinajstić information content (AvgIpc) is 2.20. The molecule has 5 heteroatoms. The fraction of sp³-hybridized carbons (Fsp3) is 0.500. The summed E-state index contributed by atoms with van der Waals surface area (Å²) in [6.45, 7) is 3.15. The van der Waals surface area contributed by atoms with Gasteiger partial charge in [0, 0.05) is 4.47 Å². The number of hydrogen-bond acceptors (Lipinski definition) is 1. The average molecular weight is 310 g/mol. The quantitative estimate of drug-likeness (QED) is 0.889. The van der Waals surface area contributed by atoms with Crippen molar-refractivity contribution in [3.8, 4) is 0 Å². The van der Waals surface area contributed by atoms with Gasteiger partial charge in [0.15, 0.2) is 0 Å². The Morgan fingerprint density at radius 1 is 1.18 bits per heavy atom. The number of halogens is 4. The standard InChI is InChI=1S/C12H15BrF3N/c1-3-17-11(2,12(14,15)16)8-9-4-6-10(13)7-5-9/h4-7,17H,3,8H2,1-2H3. The molecule has 0 spiro atoms. The highest BCUT2D eigenvalue weighted by molar-refractivity contribution is 9.10. The predicted molar refractivity (Wildman–Crippen MR) is 66.0 cm³/mol. The second kappa shape index (κ2) is 5.40. The number of rotatable bonds is 4. The summed E-state index contributed by atoms with van der Waals surface area (Å²) in [6.07, 6.45) is -4.34. The topological polar surface area (TPSA) is 12.0 Å². The van der Waals surface area contributed by atoms with Gasteiger partial charge in [0.05, 0.1) is 0 Å². The van der Waals surface area contributed by atoms with Crippen LogP contribution in [0.15, 0.2) is 28.7 Å². The molecule has 1 aromatic rings. The summed E-state index contributed by atoms with van der Waals surface area (Å²) in [4.78, 5) is 0. The molecule has 1 nitrogen and oxygen atoms in total. The number of benzene rings is 1. The van der Waals surface area contributed by atoms with Crippen molar-refractivity contribution in [1.29, 1.82) is 0 Å². The molecule has 0 aliphatic rings. The van der Waals surface area contributed by atoms with Gasteiger partial charge in [0.2, 0.25) is 0 Å². The van der Waals surface area contributed by atoms with Crippen LogP contribution in [0.1, 0.15) is 19.4 Å². The van der Waals surface area contributed by atoms with Crippen molar-refractivity contribution in [2.45, 2.75) is 32.0 Å². The highest BCUT2D eigenvalue weighted by Gasteiger charge is 2.50. The Labute approximate surface area is 108 Å². The smallest absolute Gasteiger partial charge is 0.304 e. The molecule has 1 atom stereocenters. The molecule has 0 heterocycles. The van der Waals surface area contributed by atoms with Gasteiger partial charge in [-0.1, -0.05) is 35.0 Å². The van der Waals surface area contributed by atoms with E-state index in [0.717, 1.165) is 4.47 Å². The molecule has 0 saturated heterocycles. The molecule has 1 N–H and O–H groups in total. The minimum absolute atomic E-state index is 0.0718. The molecule has 0 aromatic heterocycles. The first-order valence-corrected chi connectivity index (χ1v) is 6.14. The van der Waals surface area contributed by atoms with Crippen molar-refractivity contribution in [3.05, 3.63) is 34.3 Å². The van der Waals surface area contributed by atoms with Crippen LogP contribution in [-0.2, 0) is 6.42 Å². The van der Waals surface area contributed by atoms with Crippen molar-refractivity contribution in [2.75, 3.05) is 6.54 Å². The maximum absolute atomic E-state index is 13.0. The zero-order valence-corrected chi connectivity index (χ0v) is 11.3. The second-order valence-corrected chi connectivity index (χ2v) is 5.08. The van der Waals surface area contributed by atoms with Crippen LogP contribution in [-0.4, -0.2) is 18.3 Å². The van der Waals surface area contributed by atoms with Crippen LogP contribution < -0.4 is 5.32 Å². The summed E-state index contributed by atoms with van der Waals surface area (Å²) in [5.41, 5.74) is -1.22. The van der Waals surface area contributed by atoms with Crippen molar-refractivity contribution in [1.82, 2.24) is 5.32 Å². The first kappa shape index (κ1) is 14.5. The molecular weight excluding hydrogens is 295 g/mol. The van der Waals surface area contributed by atoms with Crippen LogP contribution in [0.4, 0.5) is 13.2 Å². The van der Waals surface area contributed by atoms with E-state index >= 15 is 0 Å². The van der Waals surface area contributed by atoms with Crippen molar-refractivity contribution >= 4 is 15.9 Å². The molecule has 0 fully saturated rings. The molecule has 0 radical (unpaired) electrons. The zero-order chi connectivity index (χ0) is 13.1. The van der Waals surface area contributed by atoms with Gasteiger partial charge in [0.1, 0.15) is 5.54 Å². The Morgan fingerprint density at radius 2 is 1.71 bits per heavy atom. The summed E-state index contributed by atoms with van der Waals surface area (Å²) in [7, 11) is 0. The lowest BCUT2D eigenvalue weighted by atomic mass is 9.92. The molecule has 0 amide bonds. The molecule has 0 bridgehead atoms. The summed E-state index contributed by atoms with van der Waals surface area (Å²) in [5, 5.41) is 2.53. The largest absolute Gasteiger partial charge is 0.406 e. The highest BCUT2D eigenvalue weighted by atomic mass is 79.9. The number of hydrogen-bond donors (Lipinski definition) is 1. The van der Waals surface area contributed by atoms with Gasteiger partial charge in [-0.3, -0.25) is 0 Å². The third-order valence-electron chi connectivity index (χ3n) is 2.66. The van der Waals surface area contributed by atoms with Gasteiger partial charge in [-0.05, 0) is 37.6 Å². The third-order valence-corrected chi connectivity index (χ3v) is 3.19. The molecule has 1 unspecified atom stereocenters. The molecule has 1 rings (SSSR count). The van der Waals surface area contributed by atoms with Gasteiger partial charge in [-0.2, -0.15) is 13.2 Å². The Hall–Kier alpha value is -0.550. The van der Waals surface area contributed by atoms with E-state index in [9.17, 15) is 13.2 Å². The van der Waals surface area contributed by atoms with Gasteiger partial charge < -0.3 is 5.32 Å². The van der Waals surface area contributed by atoms with Gasteiger partial charge in [-0.25, -0.2) is 0 Å². The fourth-order valence-electron chi connectivity index (χ4n) is 1.66. The molecule has 0 aliphatic heterocycles. The molecular formula is C12H15BrF3N. The number of alkyl halides is 3. The van der Waals surface area contributed by atoms with E-state index in [2.05, 4.69) is 21.2 Å². The van der Waals surface area contributed by atoms with Crippen LogP contribution in [0.3, 0.4) is 0 Å². The predicted octanol–water partition coefficient (Wildman–Crippen LogP) is 3.92. The first-order chi connectivity index (χ1) is 7.78. The first-order valence-electron chi connectivity index (χ1n) is 5.35. The third kappa shape index (κ3) is 3.71. The van der Waals surface area contributed by atoms with Gasteiger partial charge >= 0.3 is 6.18 Å². The highest BCUT2D eigenvalue weighted by Crippen LogP contribution is 2.33. The van der Waals surface area contributed by atoms with Gasteiger partial charge in [-0.15, -0.1) is 0 Å². The van der Waals surface area contributed by atoms with Crippen LogP contribution in [0.25, 0.3) is 0 Å². The molecule has 0 aliphatic carbocycles. The Balaban J connectivity index is 2.91. The normalized spacial score (nSPS) is 15.6. The summed E-state index contributed by atoms with van der Waals surface area (Å²) >= 11 is 3.26. The van der Waals surface area contributed by atoms with Crippen LogP contribution >= 0.6 is 15.9 Å². The van der Waals surface area contributed by atoms with Crippen LogP contribution in [0.2, 0.25) is 0 Å². The molecule has 96 valence electrons. The second-order valence-electron chi connectivity index (χ2n) is 4.16. The van der Waals surface area contributed by atoms with E-state index < -0.39 is 11.7 Å². The van der Waals surface area contributed by atoms with E-state index in [1.165, 1.54) is 6.92 Å². The maximum Gasteiger partial charge on any atom is 0.406 e. The van der Waals surface area contributed by atoms with E-state index in [0.29, 0.717) is 5.56 Å². The number of nitrogens with one attached hydrogen (secondary N) is 1. The molecule has 0 saturated carbocycles. The molecule has 1 aromatic carbocycles. The maximum atomic E-state index is 13.0. The van der Waals surface area contributed by atoms with E-state index in [1.807, 2.05) is 0 Å². The Bertz CT molecular complexity index is 361. The fourth-order valence-corrected chi connectivity index (χ4v) is 1.93. The Morgan fingerprint density at radius 3 is 2.12 bits per heavy atom. The lowest BCUT2D eigenvalue weighted by molar-refractivity contribution is -0.190. The lowest BCUT2D eigenvalue weighted by Gasteiger charge is -2.33. The zero-order valence-electron chi connectivity index (χ0n) is 9.74. The van der Waals surface area contributed by atoms with Crippen molar-refractivity contribution in [2.24, 2.45) is 0 Å². The monoisotopic (exact) mass is 309 g/mol. The van der Waals surface area contributed by atoms with Crippen molar-refractivity contribution < 1.29 is 13.2 Å². The Kier molecular flexibility index (Phi) is 4.61. The van der Waals surface area contributed by atoms with Crippen LogP contribution in [0.5, 0.6) is 0 Å². The van der Waals surface area contributed by atoms with Gasteiger partial charge in [0.25, 0.3) is 0 Å². The van der Waals surface area contributed by atoms with E-state index in [-0.39, 0.29) is 13.0 Å². The minimum atomic E-state index is -4.27. The summed E-state index contributed by atoms with van der Waals surface area (Å²) < 4.78 is 39.8. The minimum Gasteiger partial charge on any atom is -0.304 e. The lowest BCUT2D eigenvalue weighted by Crippen LogP contribution is -2.55. The van der Waals surface area contributed by atoms with Crippen molar-refractivity contribution in [3.63, 3.8) is 0 Å². The number of likely N-dealkylation sites (N-methyl/N-ethyl adjacent to an activating group) is 1. The summed E-state index contributed by atoms with van der Waals surface area (Å²) in [5.74, 6) is 0. The summed E-state index contributed by atoms with van der Waals surface area (Å²) in [6, 6.07) is 6.90. The SMILES string of the molecule is CCNC(C)(Cc1ccc(Br)cc1)C(F)(F)F. The molecule has 17 heavy (non-hydrogen) atoms. The van der Waals surface area contributed by atoms with E-state index in [1.54, 1.807) is 31.2 Å². The van der Waals surface area contributed by atoms with Crippen LogP contribution in [0, 0.1) is 0 Å².